The van der Waals surface area contributed by atoms with Gasteiger partial charge in [-0.2, -0.15) is 0 Å². The molecule has 8 nitrogen and oxygen atoms in total. The van der Waals surface area contributed by atoms with Crippen LogP contribution in [-0.2, 0) is 6.61 Å². The first-order chi connectivity index (χ1) is 17.6. The van der Waals surface area contributed by atoms with Gasteiger partial charge >= 0.3 is 5.69 Å². The van der Waals surface area contributed by atoms with E-state index < -0.39 is 11.2 Å². The van der Waals surface area contributed by atoms with E-state index in [0.717, 1.165) is 10.1 Å². The molecule has 5 rings (SSSR count). The molecule has 3 aromatic carbocycles. The van der Waals surface area contributed by atoms with Crippen molar-refractivity contribution in [3.05, 3.63) is 111 Å². The molecule has 0 atom stereocenters. The molecular weight excluding hydrogens is 476 g/mol. The summed E-state index contributed by atoms with van der Waals surface area (Å²) in [6.07, 6.45) is 3.30. The third-order valence-electron chi connectivity index (χ3n) is 5.63. The molecule has 180 valence electrons. The third-order valence-corrected chi connectivity index (χ3v) is 6.19. The fraction of sp³-hybridized carbons (Fsp3) is 0.111. The van der Waals surface area contributed by atoms with E-state index in [-0.39, 0.29) is 11.0 Å². The zero-order valence-corrected chi connectivity index (χ0v) is 20.4. The maximum atomic E-state index is 13.8. The lowest BCUT2D eigenvalue weighted by molar-refractivity contribution is 0.306. The lowest BCUT2D eigenvalue weighted by Crippen LogP contribution is -2.38. The highest BCUT2D eigenvalue weighted by Gasteiger charge is 2.18. The minimum Gasteiger partial charge on any atom is -0.497 e. The van der Waals surface area contributed by atoms with E-state index >= 15 is 0 Å². The van der Waals surface area contributed by atoms with E-state index in [1.807, 2.05) is 36.6 Å². The summed E-state index contributed by atoms with van der Waals surface area (Å²) in [5, 5.41) is 0.688. The molecule has 0 saturated carbocycles. The number of ether oxygens (including phenoxy) is 2. The molecule has 2 aromatic heterocycles. The van der Waals surface area contributed by atoms with Crippen molar-refractivity contribution >= 4 is 22.8 Å². The Bertz CT molecular complexity index is 1630. The van der Waals surface area contributed by atoms with Gasteiger partial charge in [0.1, 0.15) is 23.5 Å². The normalized spacial score (nSPS) is 10.9. The number of benzene rings is 3. The van der Waals surface area contributed by atoms with Crippen molar-refractivity contribution in [2.45, 2.75) is 11.8 Å². The quantitative estimate of drug-likeness (QED) is 0.245. The second-order valence-electron chi connectivity index (χ2n) is 7.82. The van der Waals surface area contributed by atoms with Crippen molar-refractivity contribution in [1.82, 2.24) is 19.1 Å². The molecule has 5 aromatic rings. The number of fused-ring (bicyclic) bond motifs is 1. The monoisotopic (exact) mass is 498 g/mol. The van der Waals surface area contributed by atoms with Gasteiger partial charge in [-0.05, 0) is 60.4 Å². The first-order valence-electron chi connectivity index (χ1n) is 11.1. The molecule has 2 heterocycles. The predicted octanol–water partition coefficient (Wildman–Crippen LogP) is 4.24. The van der Waals surface area contributed by atoms with Crippen LogP contribution < -0.4 is 20.7 Å². The average Bonchev–Trinajstić information content (AvgIpc) is 2.93. The van der Waals surface area contributed by atoms with E-state index in [4.69, 9.17) is 9.47 Å². The van der Waals surface area contributed by atoms with Gasteiger partial charge in [-0.1, -0.05) is 42.1 Å². The van der Waals surface area contributed by atoms with Crippen LogP contribution in [0.1, 0.15) is 5.56 Å². The van der Waals surface area contributed by atoms with Gasteiger partial charge in [0, 0.05) is 6.20 Å². The van der Waals surface area contributed by atoms with E-state index in [2.05, 4.69) is 9.97 Å². The van der Waals surface area contributed by atoms with Gasteiger partial charge in [0.25, 0.3) is 5.56 Å². The summed E-state index contributed by atoms with van der Waals surface area (Å²) < 4.78 is 13.6. The average molecular weight is 499 g/mol. The van der Waals surface area contributed by atoms with Crippen molar-refractivity contribution in [2.75, 3.05) is 13.4 Å². The van der Waals surface area contributed by atoms with E-state index in [0.29, 0.717) is 34.6 Å². The Morgan fingerprint density at radius 3 is 2.11 bits per heavy atom. The predicted molar refractivity (Wildman–Crippen MR) is 140 cm³/mol. The van der Waals surface area contributed by atoms with Crippen LogP contribution in [0, 0.1) is 0 Å². The van der Waals surface area contributed by atoms with Gasteiger partial charge in [-0.25, -0.2) is 23.9 Å². The number of methoxy groups -OCH3 is 1. The number of aromatic nitrogens is 4. The maximum absolute atomic E-state index is 13.8. The van der Waals surface area contributed by atoms with Crippen molar-refractivity contribution in [2.24, 2.45) is 0 Å². The van der Waals surface area contributed by atoms with Gasteiger partial charge in [0.15, 0.2) is 10.8 Å². The lowest BCUT2D eigenvalue weighted by atomic mass is 10.2. The standard InChI is InChI=1S/C27H22N4O4S/c1-34-21-12-8-20(9-13-21)31-25(32)23-16-28-26(36-2)29-24(23)30(27(31)33)19-10-14-22(15-11-19)35-17-18-6-4-3-5-7-18/h3-16H,17H2,1-2H3. The first kappa shape index (κ1) is 23.4. The second-order valence-corrected chi connectivity index (χ2v) is 8.59. The van der Waals surface area contributed by atoms with Crippen molar-refractivity contribution < 1.29 is 9.47 Å². The number of hydrogen-bond acceptors (Lipinski definition) is 7. The third kappa shape index (κ3) is 4.48. The Morgan fingerprint density at radius 2 is 1.47 bits per heavy atom. The first-order valence-corrected chi connectivity index (χ1v) is 12.3. The summed E-state index contributed by atoms with van der Waals surface area (Å²) in [6.45, 7) is 0.426. The van der Waals surface area contributed by atoms with Crippen molar-refractivity contribution in [3.63, 3.8) is 0 Å². The van der Waals surface area contributed by atoms with E-state index in [1.165, 1.54) is 22.5 Å². The fourth-order valence-electron chi connectivity index (χ4n) is 3.80. The number of hydrogen-bond donors (Lipinski definition) is 0. The smallest absolute Gasteiger partial charge is 0.341 e. The lowest BCUT2D eigenvalue weighted by Gasteiger charge is -2.15. The molecule has 36 heavy (non-hydrogen) atoms. The molecular formula is C27H22N4O4S. The zero-order chi connectivity index (χ0) is 25.1. The van der Waals surface area contributed by atoms with E-state index in [1.54, 1.807) is 55.6 Å². The molecule has 0 radical (unpaired) electrons. The minimum atomic E-state index is -0.540. The summed E-state index contributed by atoms with van der Waals surface area (Å²) in [4.78, 5) is 35.9. The molecule has 0 aliphatic carbocycles. The second kappa shape index (κ2) is 10.1. The molecule has 0 bridgehead atoms. The summed E-state index contributed by atoms with van der Waals surface area (Å²) in [5.41, 5.74) is 1.22. The van der Waals surface area contributed by atoms with Gasteiger partial charge in [0.2, 0.25) is 0 Å². The van der Waals surface area contributed by atoms with Crippen LogP contribution >= 0.6 is 11.8 Å². The Hall–Kier alpha value is -4.37. The summed E-state index contributed by atoms with van der Waals surface area (Å²) in [7, 11) is 1.55. The summed E-state index contributed by atoms with van der Waals surface area (Å²) in [5.74, 6) is 1.27. The zero-order valence-electron chi connectivity index (χ0n) is 19.6. The molecule has 0 saturated heterocycles. The highest BCUT2D eigenvalue weighted by atomic mass is 32.2. The minimum absolute atomic E-state index is 0.229. The van der Waals surface area contributed by atoms with Crippen molar-refractivity contribution in [1.29, 1.82) is 0 Å². The maximum Gasteiger partial charge on any atom is 0.341 e. The van der Waals surface area contributed by atoms with E-state index in [9.17, 15) is 9.59 Å². The summed E-state index contributed by atoms with van der Waals surface area (Å²) in [6, 6.07) is 23.7. The van der Waals surface area contributed by atoms with Crippen molar-refractivity contribution in [3.8, 4) is 22.9 Å². The number of nitrogens with zero attached hydrogens (tertiary/aromatic N) is 4. The molecule has 0 N–H and O–H groups in total. The number of rotatable bonds is 7. The molecule has 9 heteroatoms. The van der Waals surface area contributed by atoms with Crippen LogP contribution in [0.4, 0.5) is 0 Å². The van der Waals surface area contributed by atoms with Gasteiger partial charge in [0.05, 0.1) is 18.5 Å². The van der Waals surface area contributed by atoms with Crippen LogP contribution in [0.3, 0.4) is 0 Å². The highest BCUT2D eigenvalue weighted by molar-refractivity contribution is 7.98. The molecule has 0 aliphatic rings. The molecule has 0 amide bonds. The SMILES string of the molecule is COc1ccc(-n2c(=O)c3cnc(SC)nc3n(-c3ccc(OCc4ccccc4)cc3)c2=O)cc1. The van der Waals surface area contributed by atoms with Crippen LogP contribution in [0.2, 0.25) is 0 Å². The Labute approximate surface area is 210 Å². The molecule has 0 spiro atoms. The topological polar surface area (TPSA) is 88.2 Å². The number of thioether (sulfide) groups is 1. The fourth-order valence-corrected chi connectivity index (χ4v) is 4.13. The Balaban J connectivity index is 1.63. The highest BCUT2D eigenvalue weighted by Crippen LogP contribution is 2.20. The van der Waals surface area contributed by atoms with Crippen LogP contribution in [0.25, 0.3) is 22.4 Å². The van der Waals surface area contributed by atoms with Gasteiger partial charge < -0.3 is 9.47 Å². The Morgan fingerprint density at radius 1 is 0.833 bits per heavy atom. The molecule has 0 aliphatic heterocycles. The molecule has 0 unspecified atom stereocenters. The largest absolute Gasteiger partial charge is 0.497 e. The van der Waals surface area contributed by atoms with Gasteiger partial charge in [-0.15, -0.1) is 0 Å². The summed E-state index contributed by atoms with van der Waals surface area (Å²) >= 11 is 1.33. The van der Waals surface area contributed by atoms with Gasteiger partial charge in [-0.3, -0.25) is 4.79 Å². The van der Waals surface area contributed by atoms with Crippen LogP contribution in [-0.4, -0.2) is 32.5 Å². The van der Waals surface area contributed by atoms with Crippen LogP contribution in [0.15, 0.2) is 99.8 Å². The molecule has 0 fully saturated rings. The Kier molecular flexibility index (Phi) is 6.55. The van der Waals surface area contributed by atoms with Crippen LogP contribution in [0.5, 0.6) is 11.5 Å².